The lowest BCUT2D eigenvalue weighted by molar-refractivity contribution is -0.385. The number of rotatable bonds is 5. The predicted octanol–water partition coefficient (Wildman–Crippen LogP) is 2.81. The Bertz CT molecular complexity index is 540. The van der Waals surface area contributed by atoms with E-state index in [4.69, 9.17) is 16.3 Å². The smallest absolute Gasteiger partial charge is 0.270 e. The molecular formula is C14H20Cl2N2O4. The lowest BCUT2D eigenvalue weighted by atomic mass is 9.86. The highest BCUT2D eigenvalue weighted by atomic mass is 35.5. The Kier molecular flexibility index (Phi) is 6.43. The van der Waals surface area contributed by atoms with E-state index in [1.54, 1.807) is 19.9 Å². The highest BCUT2D eigenvalue weighted by Crippen LogP contribution is 2.41. The van der Waals surface area contributed by atoms with Crippen LogP contribution in [0.25, 0.3) is 0 Å². The molecule has 0 aliphatic carbocycles. The van der Waals surface area contributed by atoms with E-state index in [0.29, 0.717) is 23.7 Å². The Labute approximate surface area is 140 Å². The topological polar surface area (TPSA) is 84.6 Å². The van der Waals surface area contributed by atoms with E-state index in [9.17, 15) is 15.2 Å². The second-order valence-corrected chi connectivity index (χ2v) is 5.98. The molecule has 1 aromatic rings. The van der Waals surface area contributed by atoms with Crippen LogP contribution in [0, 0.1) is 10.1 Å². The third-order valence-corrected chi connectivity index (χ3v) is 3.88. The number of hydrogen-bond acceptors (Lipinski definition) is 5. The van der Waals surface area contributed by atoms with Gasteiger partial charge in [-0.05, 0) is 32.9 Å². The molecule has 8 heteroatoms. The summed E-state index contributed by atoms with van der Waals surface area (Å²) >= 11 is 5.66. The van der Waals surface area contributed by atoms with E-state index in [2.05, 4.69) is 5.32 Å². The van der Waals surface area contributed by atoms with Crippen molar-refractivity contribution >= 4 is 29.7 Å². The molecule has 0 saturated heterocycles. The summed E-state index contributed by atoms with van der Waals surface area (Å²) in [5, 5.41) is 24.6. The maximum atomic E-state index is 10.9. The van der Waals surface area contributed by atoms with Crippen LogP contribution < -0.4 is 10.1 Å². The first-order valence-corrected chi connectivity index (χ1v) is 7.35. The molecule has 0 bridgehead atoms. The highest BCUT2D eigenvalue weighted by molar-refractivity contribution is 6.17. The molecule has 2 N–H and O–H groups in total. The van der Waals surface area contributed by atoms with Gasteiger partial charge in [-0.15, -0.1) is 24.0 Å². The third-order valence-electron chi connectivity index (χ3n) is 3.61. The summed E-state index contributed by atoms with van der Waals surface area (Å²) in [5.41, 5.74) is -0.194. The van der Waals surface area contributed by atoms with Crippen molar-refractivity contribution in [2.75, 3.05) is 12.4 Å². The SMILES string of the molecule is CC1(C)Oc2ccc([N+](=O)[O-])cc2[C@@H](NCCCCl)[C@@H]1O.Cl. The van der Waals surface area contributed by atoms with Crippen LogP contribution in [0.4, 0.5) is 5.69 Å². The zero-order valence-electron chi connectivity index (χ0n) is 12.4. The van der Waals surface area contributed by atoms with Gasteiger partial charge in [-0.1, -0.05) is 0 Å². The first kappa shape index (κ1) is 19.0. The number of nitrogens with zero attached hydrogens (tertiary/aromatic N) is 1. The first-order chi connectivity index (χ1) is 9.86. The number of non-ortho nitro benzene ring substituents is 1. The maximum absolute atomic E-state index is 10.9. The van der Waals surface area contributed by atoms with Gasteiger partial charge >= 0.3 is 0 Å². The molecule has 0 saturated carbocycles. The van der Waals surface area contributed by atoms with Crippen LogP contribution in [0.3, 0.4) is 0 Å². The van der Waals surface area contributed by atoms with Gasteiger partial charge in [0.1, 0.15) is 17.5 Å². The van der Waals surface area contributed by atoms with Crippen molar-refractivity contribution in [2.45, 2.75) is 38.0 Å². The summed E-state index contributed by atoms with van der Waals surface area (Å²) in [4.78, 5) is 10.5. The van der Waals surface area contributed by atoms with Crippen LogP contribution in [-0.4, -0.2) is 34.2 Å². The van der Waals surface area contributed by atoms with Crippen LogP contribution in [-0.2, 0) is 0 Å². The molecule has 0 fully saturated rings. The number of aliphatic hydroxyl groups excluding tert-OH is 1. The van der Waals surface area contributed by atoms with Crippen LogP contribution >= 0.6 is 24.0 Å². The maximum Gasteiger partial charge on any atom is 0.270 e. The highest BCUT2D eigenvalue weighted by Gasteiger charge is 2.43. The normalized spacial score (nSPS) is 22.2. The number of benzene rings is 1. The molecule has 0 unspecified atom stereocenters. The fourth-order valence-electron chi connectivity index (χ4n) is 2.45. The molecule has 2 rings (SSSR count). The quantitative estimate of drug-likeness (QED) is 0.369. The Balaban J connectivity index is 0.00000242. The van der Waals surface area contributed by atoms with Crippen molar-refractivity contribution in [1.82, 2.24) is 5.32 Å². The van der Waals surface area contributed by atoms with Crippen LogP contribution in [0.15, 0.2) is 18.2 Å². The zero-order valence-corrected chi connectivity index (χ0v) is 14.0. The number of ether oxygens (including phenoxy) is 1. The number of halogens is 2. The van der Waals surface area contributed by atoms with Gasteiger partial charge in [-0.25, -0.2) is 0 Å². The van der Waals surface area contributed by atoms with E-state index in [0.717, 1.165) is 6.42 Å². The van der Waals surface area contributed by atoms with Crippen molar-refractivity contribution in [3.8, 4) is 5.75 Å². The number of nitro benzene ring substituents is 1. The van der Waals surface area contributed by atoms with Gasteiger partial charge in [-0.3, -0.25) is 10.1 Å². The molecule has 124 valence electrons. The molecule has 1 aromatic carbocycles. The molecule has 1 aliphatic rings. The molecule has 2 atom stereocenters. The van der Waals surface area contributed by atoms with Crippen molar-refractivity contribution in [3.63, 3.8) is 0 Å². The molecule has 6 nitrogen and oxygen atoms in total. The van der Waals surface area contributed by atoms with Crippen LogP contribution in [0.2, 0.25) is 0 Å². The van der Waals surface area contributed by atoms with E-state index in [1.807, 2.05) is 0 Å². The van der Waals surface area contributed by atoms with Crippen LogP contribution in [0.5, 0.6) is 5.75 Å². The Morgan fingerprint density at radius 2 is 2.18 bits per heavy atom. The molecule has 1 aliphatic heterocycles. The van der Waals surface area contributed by atoms with Gasteiger partial charge in [0.15, 0.2) is 0 Å². The number of hydrogen-bond donors (Lipinski definition) is 2. The summed E-state index contributed by atoms with van der Waals surface area (Å²) in [7, 11) is 0. The van der Waals surface area contributed by atoms with Gasteiger partial charge in [0, 0.05) is 23.6 Å². The third kappa shape index (κ3) is 3.81. The van der Waals surface area contributed by atoms with Gasteiger partial charge in [0.2, 0.25) is 0 Å². The number of alkyl halides is 1. The Morgan fingerprint density at radius 1 is 1.50 bits per heavy atom. The molecule has 0 radical (unpaired) electrons. The average Bonchev–Trinajstić information content (AvgIpc) is 2.42. The summed E-state index contributed by atoms with van der Waals surface area (Å²) < 4.78 is 5.76. The van der Waals surface area contributed by atoms with Crippen molar-refractivity contribution in [2.24, 2.45) is 0 Å². The van der Waals surface area contributed by atoms with Crippen molar-refractivity contribution in [3.05, 3.63) is 33.9 Å². The number of nitro groups is 1. The number of fused-ring (bicyclic) bond motifs is 1. The van der Waals surface area contributed by atoms with Gasteiger partial charge in [0.05, 0.1) is 11.0 Å². The molecule has 1 heterocycles. The molecule has 0 spiro atoms. The average molecular weight is 351 g/mol. The first-order valence-electron chi connectivity index (χ1n) is 6.81. The monoisotopic (exact) mass is 350 g/mol. The lowest BCUT2D eigenvalue weighted by Crippen LogP contribution is -2.52. The molecule has 22 heavy (non-hydrogen) atoms. The van der Waals surface area contributed by atoms with Crippen molar-refractivity contribution < 1.29 is 14.8 Å². The second-order valence-electron chi connectivity index (χ2n) is 5.60. The summed E-state index contributed by atoms with van der Waals surface area (Å²) in [5.74, 6) is 1.07. The standard InChI is InChI=1S/C14H19ClN2O4.ClH/c1-14(2)13(18)12(16-7-3-6-15)10-8-9(17(19)20)4-5-11(10)21-14;/h4-5,8,12-13,16,18H,3,6-7H2,1-2H3;1H/t12-,13+;/m1./s1. The van der Waals surface area contributed by atoms with Gasteiger partial charge in [-0.2, -0.15) is 0 Å². The molecule has 0 aromatic heterocycles. The second kappa shape index (κ2) is 7.46. The lowest BCUT2D eigenvalue weighted by Gasteiger charge is -2.42. The van der Waals surface area contributed by atoms with Crippen LogP contribution in [0.1, 0.15) is 31.9 Å². The van der Waals surface area contributed by atoms with E-state index >= 15 is 0 Å². The summed E-state index contributed by atoms with van der Waals surface area (Å²) in [6.07, 6.45) is -0.0709. The van der Waals surface area contributed by atoms with E-state index in [-0.39, 0.29) is 18.1 Å². The minimum Gasteiger partial charge on any atom is -0.485 e. The largest absolute Gasteiger partial charge is 0.485 e. The van der Waals surface area contributed by atoms with Crippen molar-refractivity contribution in [1.29, 1.82) is 0 Å². The fourth-order valence-corrected chi connectivity index (χ4v) is 2.58. The van der Waals surface area contributed by atoms with Gasteiger partial charge < -0.3 is 15.2 Å². The fraction of sp³-hybridized carbons (Fsp3) is 0.571. The minimum atomic E-state index is -0.817. The molecular weight excluding hydrogens is 331 g/mol. The Hall–Kier alpha value is -1.08. The van der Waals surface area contributed by atoms with E-state index < -0.39 is 22.7 Å². The molecule has 0 amide bonds. The number of aliphatic hydroxyl groups is 1. The Morgan fingerprint density at radius 3 is 2.77 bits per heavy atom. The van der Waals surface area contributed by atoms with Gasteiger partial charge in [0.25, 0.3) is 5.69 Å². The summed E-state index contributed by atoms with van der Waals surface area (Å²) in [6.45, 7) is 4.19. The zero-order chi connectivity index (χ0) is 15.6. The minimum absolute atomic E-state index is 0. The number of nitrogens with one attached hydrogen (secondary N) is 1. The van der Waals surface area contributed by atoms with E-state index in [1.165, 1.54) is 12.1 Å². The predicted molar refractivity (Wildman–Crippen MR) is 87.1 cm³/mol. The summed E-state index contributed by atoms with van der Waals surface area (Å²) in [6, 6.07) is 4.01.